The number of fused-ring (bicyclic) bond motifs is 1. The predicted molar refractivity (Wildman–Crippen MR) is 107 cm³/mol. The van der Waals surface area contributed by atoms with Crippen LogP contribution in [-0.4, -0.2) is 43.4 Å². The molecule has 0 unspecified atom stereocenters. The van der Waals surface area contributed by atoms with Crippen molar-refractivity contribution < 1.29 is 9.53 Å². The van der Waals surface area contributed by atoms with E-state index in [4.69, 9.17) is 9.84 Å². The number of rotatable bonds is 4. The second-order valence-corrected chi connectivity index (χ2v) is 6.82. The minimum absolute atomic E-state index is 0.0960. The van der Waals surface area contributed by atoms with E-state index in [1.807, 2.05) is 48.5 Å². The van der Waals surface area contributed by atoms with E-state index in [2.05, 4.69) is 20.5 Å². The molecule has 1 saturated heterocycles. The molecule has 3 aromatic heterocycles. The molecule has 0 aliphatic carbocycles. The van der Waals surface area contributed by atoms with Crippen LogP contribution >= 0.6 is 0 Å². The first-order chi connectivity index (χ1) is 14.3. The quantitative estimate of drug-likeness (QED) is 0.579. The van der Waals surface area contributed by atoms with Crippen LogP contribution in [0.25, 0.3) is 28.3 Å². The lowest BCUT2D eigenvalue weighted by atomic mass is 10.1. The van der Waals surface area contributed by atoms with Crippen molar-refractivity contribution in [1.29, 1.82) is 0 Å². The summed E-state index contributed by atoms with van der Waals surface area (Å²) >= 11 is 0. The van der Waals surface area contributed by atoms with Gasteiger partial charge >= 0.3 is 0 Å². The molecule has 1 aliphatic heterocycles. The van der Waals surface area contributed by atoms with Crippen molar-refractivity contribution in [3.8, 4) is 22.6 Å². The van der Waals surface area contributed by atoms with Gasteiger partial charge in [0, 0.05) is 35.8 Å². The number of amides is 1. The number of carbonyl (C=O) groups is 1. The summed E-state index contributed by atoms with van der Waals surface area (Å²) in [6.45, 7) is 0.649. The van der Waals surface area contributed by atoms with Gasteiger partial charge in [-0.05, 0) is 49.2 Å². The molecule has 144 valence electrons. The Hall–Kier alpha value is -3.65. The van der Waals surface area contributed by atoms with Crippen molar-refractivity contribution in [2.75, 3.05) is 11.9 Å². The van der Waals surface area contributed by atoms with Crippen LogP contribution in [0.1, 0.15) is 12.8 Å². The van der Waals surface area contributed by atoms with E-state index in [1.165, 1.54) is 0 Å². The number of aromatic nitrogens is 5. The Kier molecular flexibility index (Phi) is 4.45. The number of anilines is 1. The maximum atomic E-state index is 12.2. The summed E-state index contributed by atoms with van der Waals surface area (Å²) in [4.78, 5) is 16.2. The van der Waals surface area contributed by atoms with E-state index in [0.717, 1.165) is 35.3 Å². The van der Waals surface area contributed by atoms with Gasteiger partial charge in [0.1, 0.15) is 6.10 Å². The largest absolute Gasteiger partial charge is 0.368 e. The first-order valence-electron chi connectivity index (χ1n) is 9.44. The second kappa shape index (κ2) is 7.40. The predicted octanol–water partition coefficient (Wildman–Crippen LogP) is 2.97. The minimum atomic E-state index is -0.348. The zero-order valence-electron chi connectivity index (χ0n) is 15.5. The number of nitrogens with zero attached hydrogens (tertiary/aromatic N) is 5. The van der Waals surface area contributed by atoms with Crippen LogP contribution in [0.15, 0.2) is 60.9 Å². The van der Waals surface area contributed by atoms with E-state index in [9.17, 15) is 4.79 Å². The molecule has 4 aromatic rings. The summed E-state index contributed by atoms with van der Waals surface area (Å²) in [7, 11) is 0. The van der Waals surface area contributed by atoms with Crippen LogP contribution in [0.2, 0.25) is 0 Å². The number of hydrogen-bond donors (Lipinski definition) is 1. The van der Waals surface area contributed by atoms with Crippen LogP contribution in [0, 0.1) is 0 Å². The fourth-order valence-electron chi connectivity index (χ4n) is 3.36. The summed E-state index contributed by atoms with van der Waals surface area (Å²) in [5.74, 6) is 0.561. The molecule has 1 N–H and O–H groups in total. The molecule has 8 nitrogen and oxygen atoms in total. The zero-order valence-corrected chi connectivity index (χ0v) is 15.5. The first kappa shape index (κ1) is 17.4. The normalized spacial score (nSPS) is 16.2. The van der Waals surface area contributed by atoms with Crippen molar-refractivity contribution in [3.63, 3.8) is 0 Å². The Morgan fingerprint density at radius 3 is 2.59 bits per heavy atom. The topological polar surface area (TPSA) is 94.3 Å². The molecule has 1 amide bonds. The molecule has 8 heteroatoms. The molecule has 0 radical (unpaired) electrons. The fourth-order valence-corrected chi connectivity index (χ4v) is 3.36. The van der Waals surface area contributed by atoms with Crippen LogP contribution < -0.4 is 5.32 Å². The number of carbonyl (C=O) groups excluding carboxylic acids is 1. The molecule has 0 saturated carbocycles. The number of pyridine rings is 1. The molecule has 1 fully saturated rings. The standard InChI is InChI=1S/C21H18N6O2/c28-21(18-2-1-13-29-18)23-16-5-3-14(4-6-16)17-7-8-19-24-25-20(27(19)26-17)15-9-11-22-12-10-15/h3-12,18H,1-2,13H2,(H,23,28)/t18-/m1/s1. The maximum absolute atomic E-state index is 12.2. The van der Waals surface area contributed by atoms with Gasteiger partial charge in [0.2, 0.25) is 0 Å². The van der Waals surface area contributed by atoms with Gasteiger partial charge in [-0.1, -0.05) is 12.1 Å². The second-order valence-electron chi connectivity index (χ2n) is 6.82. The lowest BCUT2D eigenvalue weighted by molar-refractivity contribution is -0.124. The summed E-state index contributed by atoms with van der Waals surface area (Å²) in [6, 6.07) is 15.1. The Balaban J connectivity index is 1.41. The van der Waals surface area contributed by atoms with Gasteiger partial charge in [-0.3, -0.25) is 9.78 Å². The minimum Gasteiger partial charge on any atom is -0.368 e. The highest BCUT2D eigenvalue weighted by Gasteiger charge is 2.23. The van der Waals surface area contributed by atoms with E-state index in [1.54, 1.807) is 16.9 Å². The Morgan fingerprint density at radius 2 is 1.83 bits per heavy atom. The van der Waals surface area contributed by atoms with Crippen molar-refractivity contribution in [3.05, 3.63) is 60.9 Å². The third kappa shape index (κ3) is 3.45. The average molecular weight is 386 g/mol. The average Bonchev–Trinajstić information content (AvgIpc) is 3.45. The summed E-state index contributed by atoms with van der Waals surface area (Å²) in [6.07, 6.45) is 4.77. The number of benzene rings is 1. The molecular weight excluding hydrogens is 368 g/mol. The maximum Gasteiger partial charge on any atom is 0.253 e. The number of hydrogen-bond acceptors (Lipinski definition) is 6. The highest BCUT2D eigenvalue weighted by Crippen LogP contribution is 2.23. The van der Waals surface area contributed by atoms with Gasteiger partial charge in [-0.25, -0.2) is 0 Å². The summed E-state index contributed by atoms with van der Waals surface area (Å²) in [5, 5.41) is 16.0. The third-order valence-corrected chi connectivity index (χ3v) is 4.87. The smallest absolute Gasteiger partial charge is 0.253 e. The van der Waals surface area contributed by atoms with Gasteiger partial charge in [0.25, 0.3) is 5.91 Å². The van der Waals surface area contributed by atoms with E-state index >= 15 is 0 Å². The highest BCUT2D eigenvalue weighted by molar-refractivity contribution is 5.94. The van der Waals surface area contributed by atoms with Crippen molar-refractivity contribution in [1.82, 2.24) is 24.8 Å². The molecule has 1 atom stereocenters. The zero-order chi connectivity index (χ0) is 19.6. The molecule has 5 rings (SSSR count). The lowest BCUT2D eigenvalue weighted by Gasteiger charge is -2.11. The summed E-state index contributed by atoms with van der Waals surface area (Å²) < 4.78 is 7.14. The Morgan fingerprint density at radius 1 is 1.00 bits per heavy atom. The van der Waals surface area contributed by atoms with Gasteiger partial charge < -0.3 is 10.1 Å². The monoisotopic (exact) mass is 386 g/mol. The van der Waals surface area contributed by atoms with Gasteiger partial charge in [-0.2, -0.15) is 9.61 Å². The van der Waals surface area contributed by atoms with Gasteiger partial charge in [-0.15, -0.1) is 10.2 Å². The number of ether oxygens (including phenoxy) is 1. The third-order valence-electron chi connectivity index (χ3n) is 4.87. The van der Waals surface area contributed by atoms with Crippen molar-refractivity contribution >= 4 is 17.2 Å². The molecule has 4 heterocycles. The first-order valence-corrected chi connectivity index (χ1v) is 9.44. The SMILES string of the molecule is O=C(Nc1ccc(-c2ccc3nnc(-c4ccncc4)n3n2)cc1)[C@H]1CCCO1. The molecule has 0 spiro atoms. The molecule has 1 aliphatic rings. The lowest BCUT2D eigenvalue weighted by Crippen LogP contribution is -2.26. The van der Waals surface area contributed by atoms with E-state index in [0.29, 0.717) is 18.1 Å². The van der Waals surface area contributed by atoms with Crippen LogP contribution in [0.5, 0.6) is 0 Å². The molecule has 0 bridgehead atoms. The molecule has 1 aromatic carbocycles. The van der Waals surface area contributed by atoms with Gasteiger partial charge in [0.15, 0.2) is 11.5 Å². The molecule has 29 heavy (non-hydrogen) atoms. The van der Waals surface area contributed by atoms with Crippen molar-refractivity contribution in [2.45, 2.75) is 18.9 Å². The summed E-state index contributed by atoms with van der Waals surface area (Å²) in [5.41, 5.74) is 4.00. The number of nitrogens with one attached hydrogen (secondary N) is 1. The van der Waals surface area contributed by atoms with Crippen LogP contribution in [-0.2, 0) is 9.53 Å². The van der Waals surface area contributed by atoms with Crippen LogP contribution in [0.3, 0.4) is 0 Å². The van der Waals surface area contributed by atoms with Crippen molar-refractivity contribution in [2.24, 2.45) is 0 Å². The highest BCUT2D eigenvalue weighted by atomic mass is 16.5. The van der Waals surface area contributed by atoms with E-state index < -0.39 is 0 Å². The van der Waals surface area contributed by atoms with Gasteiger partial charge in [0.05, 0.1) is 5.69 Å². The Bertz CT molecular complexity index is 1150. The Labute approximate surface area is 166 Å². The fraction of sp³-hybridized carbons (Fsp3) is 0.190. The van der Waals surface area contributed by atoms with E-state index in [-0.39, 0.29) is 12.0 Å². The van der Waals surface area contributed by atoms with Crippen LogP contribution in [0.4, 0.5) is 5.69 Å². The molecular formula is C21H18N6O2.